The van der Waals surface area contributed by atoms with E-state index in [0.717, 1.165) is 0 Å². The summed E-state index contributed by atoms with van der Waals surface area (Å²) in [5, 5.41) is 9.47. The van der Waals surface area contributed by atoms with Gasteiger partial charge in [0.1, 0.15) is 11.3 Å². The Kier molecular flexibility index (Phi) is 5.66. The minimum Gasteiger partial charge on any atom is -0.497 e. The molecule has 21 heavy (non-hydrogen) atoms. The molecule has 8 heteroatoms. The monoisotopic (exact) mass is 315 g/mol. The summed E-state index contributed by atoms with van der Waals surface area (Å²) in [6.45, 7) is 3.07. The zero-order valence-corrected chi connectivity index (χ0v) is 12.5. The first-order valence-corrected chi connectivity index (χ1v) is 6.45. The molecule has 1 aromatic carbocycles. The van der Waals surface area contributed by atoms with Gasteiger partial charge in [-0.2, -0.15) is 0 Å². The van der Waals surface area contributed by atoms with E-state index in [1.54, 1.807) is 6.92 Å². The van der Waals surface area contributed by atoms with Gasteiger partial charge < -0.3 is 9.47 Å². The Morgan fingerprint density at radius 3 is 2.52 bits per heavy atom. The average Bonchev–Trinajstić information content (AvgIpc) is 2.44. The second kappa shape index (κ2) is 7.03. The van der Waals surface area contributed by atoms with E-state index in [9.17, 15) is 19.7 Å². The number of ether oxygens (including phenoxy) is 2. The molecule has 1 rings (SSSR count). The number of rotatable bonds is 6. The predicted octanol–water partition coefficient (Wildman–Crippen LogP) is 2.27. The van der Waals surface area contributed by atoms with Crippen LogP contribution in [0.3, 0.4) is 0 Å². The van der Waals surface area contributed by atoms with Crippen LogP contribution in [0.1, 0.15) is 22.8 Å². The summed E-state index contributed by atoms with van der Waals surface area (Å²) < 4.78 is 9.61. The Hall–Kier alpha value is -2.15. The lowest BCUT2D eigenvalue weighted by molar-refractivity contribution is -0.385. The quantitative estimate of drug-likeness (QED) is 0.199. The summed E-state index contributed by atoms with van der Waals surface area (Å²) in [5.41, 5.74) is -0.462. The number of aryl methyl sites for hydroxylation is 1. The fourth-order valence-electron chi connectivity index (χ4n) is 1.75. The summed E-state index contributed by atoms with van der Waals surface area (Å²) >= 11 is 5.73. The Balaban J connectivity index is 3.33. The number of halogens is 1. The highest BCUT2D eigenvalue weighted by atomic mass is 35.5. The molecule has 1 aromatic rings. The molecule has 7 nitrogen and oxygen atoms in total. The van der Waals surface area contributed by atoms with Crippen molar-refractivity contribution in [2.75, 3.05) is 13.7 Å². The smallest absolute Gasteiger partial charge is 0.332 e. The number of ketones is 1. The average molecular weight is 316 g/mol. The van der Waals surface area contributed by atoms with E-state index >= 15 is 0 Å². The van der Waals surface area contributed by atoms with Crippen LogP contribution in [0.15, 0.2) is 12.1 Å². The third-order valence-electron chi connectivity index (χ3n) is 2.68. The first-order valence-electron chi connectivity index (χ1n) is 6.01. The lowest BCUT2D eigenvalue weighted by Crippen LogP contribution is -2.27. The number of carbonyl (C=O) groups is 2. The van der Waals surface area contributed by atoms with Crippen molar-refractivity contribution < 1.29 is 24.0 Å². The zero-order chi connectivity index (χ0) is 16.2. The molecule has 0 saturated carbocycles. The van der Waals surface area contributed by atoms with Crippen LogP contribution in [0.2, 0.25) is 0 Å². The largest absolute Gasteiger partial charge is 0.497 e. The Morgan fingerprint density at radius 2 is 2.05 bits per heavy atom. The first kappa shape index (κ1) is 16.9. The van der Waals surface area contributed by atoms with Gasteiger partial charge in [0, 0.05) is 5.56 Å². The van der Waals surface area contributed by atoms with Crippen molar-refractivity contribution in [3.8, 4) is 5.75 Å². The lowest BCUT2D eigenvalue weighted by Gasteiger charge is -2.11. The van der Waals surface area contributed by atoms with Crippen LogP contribution in [-0.2, 0) is 9.53 Å². The summed E-state index contributed by atoms with van der Waals surface area (Å²) in [7, 11) is 1.36. The van der Waals surface area contributed by atoms with Gasteiger partial charge in [0.2, 0.25) is 0 Å². The molecular formula is C13H14ClNO6. The van der Waals surface area contributed by atoms with Crippen molar-refractivity contribution in [2.24, 2.45) is 0 Å². The van der Waals surface area contributed by atoms with Gasteiger partial charge in [-0.15, -0.1) is 11.6 Å². The second-order valence-corrected chi connectivity index (χ2v) is 4.51. The van der Waals surface area contributed by atoms with Crippen molar-refractivity contribution in [3.63, 3.8) is 0 Å². The molecule has 114 valence electrons. The Bertz CT molecular complexity index is 586. The van der Waals surface area contributed by atoms with Crippen molar-refractivity contribution in [2.45, 2.75) is 19.2 Å². The van der Waals surface area contributed by atoms with E-state index < -0.39 is 27.7 Å². The van der Waals surface area contributed by atoms with E-state index in [4.69, 9.17) is 16.3 Å². The van der Waals surface area contributed by atoms with Gasteiger partial charge in [-0.25, -0.2) is 4.79 Å². The molecule has 0 fully saturated rings. The Labute approximate surface area is 125 Å². The highest BCUT2D eigenvalue weighted by Crippen LogP contribution is 2.30. The van der Waals surface area contributed by atoms with Crippen LogP contribution in [0.4, 0.5) is 5.69 Å². The van der Waals surface area contributed by atoms with E-state index in [-0.39, 0.29) is 23.5 Å². The van der Waals surface area contributed by atoms with Crippen LogP contribution in [0, 0.1) is 17.0 Å². The van der Waals surface area contributed by atoms with Gasteiger partial charge in [0.05, 0.1) is 18.6 Å². The molecule has 0 aliphatic carbocycles. The molecule has 0 N–H and O–H groups in total. The standard InChI is InChI=1S/C13H14ClNO6/c1-4-21-13(17)10(14)12(16)9-6-8(20-3)5-7(2)11(9)15(18)19/h5-6,10H,4H2,1-3H3. The number of methoxy groups -OCH3 is 1. The van der Waals surface area contributed by atoms with Crippen LogP contribution < -0.4 is 4.74 Å². The van der Waals surface area contributed by atoms with Gasteiger partial charge in [0.15, 0.2) is 11.2 Å². The zero-order valence-electron chi connectivity index (χ0n) is 11.7. The molecule has 0 radical (unpaired) electrons. The molecule has 0 heterocycles. The van der Waals surface area contributed by atoms with Gasteiger partial charge in [-0.05, 0) is 26.0 Å². The van der Waals surface area contributed by atoms with E-state index in [0.29, 0.717) is 0 Å². The summed E-state index contributed by atoms with van der Waals surface area (Å²) in [5.74, 6) is -1.59. The molecule has 0 aromatic heterocycles. The first-order chi connectivity index (χ1) is 9.83. The maximum absolute atomic E-state index is 12.2. The molecule has 1 unspecified atom stereocenters. The molecule has 0 aliphatic rings. The summed E-state index contributed by atoms with van der Waals surface area (Å²) in [4.78, 5) is 34.1. The van der Waals surface area contributed by atoms with Crippen molar-refractivity contribution in [1.82, 2.24) is 0 Å². The SMILES string of the molecule is CCOC(=O)C(Cl)C(=O)c1cc(OC)cc(C)c1[N+](=O)[O-]. The number of nitrogens with zero attached hydrogens (tertiary/aromatic N) is 1. The molecule has 0 aliphatic heterocycles. The van der Waals surface area contributed by atoms with Gasteiger partial charge in [-0.1, -0.05) is 0 Å². The molecular weight excluding hydrogens is 302 g/mol. The number of alkyl halides is 1. The lowest BCUT2D eigenvalue weighted by atomic mass is 10.0. The number of hydrogen-bond donors (Lipinski definition) is 0. The van der Waals surface area contributed by atoms with Crippen molar-refractivity contribution in [1.29, 1.82) is 0 Å². The normalized spacial score (nSPS) is 11.6. The topological polar surface area (TPSA) is 95.7 Å². The third kappa shape index (κ3) is 3.69. The predicted molar refractivity (Wildman–Crippen MR) is 75.0 cm³/mol. The number of hydrogen-bond acceptors (Lipinski definition) is 6. The molecule has 0 spiro atoms. The summed E-state index contributed by atoms with van der Waals surface area (Å²) in [6.07, 6.45) is 0. The van der Waals surface area contributed by atoms with E-state index in [1.165, 1.54) is 26.2 Å². The highest BCUT2D eigenvalue weighted by molar-refractivity contribution is 6.43. The number of nitro benzene ring substituents is 1. The fourth-order valence-corrected chi connectivity index (χ4v) is 1.93. The maximum Gasteiger partial charge on any atom is 0.332 e. The van der Waals surface area contributed by atoms with Gasteiger partial charge >= 0.3 is 5.97 Å². The van der Waals surface area contributed by atoms with Crippen LogP contribution >= 0.6 is 11.6 Å². The second-order valence-electron chi connectivity index (χ2n) is 4.08. The highest BCUT2D eigenvalue weighted by Gasteiger charge is 2.33. The molecule has 0 saturated heterocycles. The van der Waals surface area contributed by atoms with Crippen LogP contribution in [0.5, 0.6) is 5.75 Å². The van der Waals surface area contributed by atoms with Gasteiger partial charge in [0.25, 0.3) is 5.69 Å². The van der Waals surface area contributed by atoms with E-state index in [2.05, 4.69) is 4.74 Å². The van der Waals surface area contributed by atoms with Crippen molar-refractivity contribution in [3.05, 3.63) is 33.4 Å². The fraction of sp³-hybridized carbons (Fsp3) is 0.385. The molecule has 0 amide bonds. The van der Waals surface area contributed by atoms with Crippen molar-refractivity contribution >= 4 is 29.0 Å². The van der Waals surface area contributed by atoms with Crippen LogP contribution in [-0.4, -0.2) is 35.8 Å². The minimum atomic E-state index is -1.64. The number of benzene rings is 1. The number of Topliss-reactive ketones (excluding diaryl/α,β-unsaturated/α-hetero) is 1. The number of esters is 1. The van der Waals surface area contributed by atoms with E-state index in [1.807, 2.05) is 0 Å². The molecule has 0 bridgehead atoms. The van der Waals surface area contributed by atoms with Crippen LogP contribution in [0.25, 0.3) is 0 Å². The summed E-state index contributed by atoms with van der Waals surface area (Å²) in [6, 6.07) is 2.60. The number of nitro groups is 1. The minimum absolute atomic E-state index is 0.0502. The van der Waals surface area contributed by atoms with Gasteiger partial charge in [-0.3, -0.25) is 14.9 Å². The third-order valence-corrected chi connectivity index (χ3v) is 3.06. The number of carbonyl (C=O) groups excluding carboxylic acids is 2. The Morgan fingerprint density at radius 1 is 1.43 bits per heavy atom. The molecule has 1 atom stereocenters. The maximum atomic E-state index is 12.2.